The minimum atomic E-state index is -0.806. The molecule has 322 valence electrons. The molecule has 0 aliphatic carbocycles. The van der Waals surface area contributed by atoms with Gasteiger partial charge in [-0.2, -0.15) is 0 Å². The first-order chi connectivity index (χ1) is 28.0. The van der Waals surface area contributed by atoms with Gasteiger partial charge >= 0.3 is 17.9 Å². The average Bonchev–Trinajstić information content (AvgIpc) is 3.21. The molecule has 0 aromatic rings. The molecule has 0 saturated carbocycles. The molecule has 0 N–H and O–H groups in total. The highest BCUT2D eigenvalue weighted by atomic mass is 16.6. The fourth-order valence-corrected chi connectivity index (χ4v) is 5.76. The molecule has 1 unspecified atom stereocenters. The van der Waals surface area contributed by atoms with E-state index < -0.39 is 6.10 Å². The molecule has 0 aromatic carbocycles. The van der Waals surface area contributed by atoms with Crippen LogP contribution >= 0.6 is 0 Å². The van der Waals surface area contributed by atoms with Crippen molar-refractivity contribution in [2.45, 2.75) is 194 Å². The highest BCUT2D eigenvalue weighted by molar-refractivity contribution is 5.71. The Kier molecular flexibility index (Phi) is 42.1. The van der Waals surface area contributed by atoms with E-state index in [1.54, 1.807) is 0 Å². The number of hydrogen-bond acceptors (Lipinski definition) is 6. The summed E-state index contributed by atoms with van der Waals surface area (Å²) in [5, 5.41) is 0. The molecule has 0 aliphatic heterocycles. The number of carbonyl (C=O) groups excluding carboxylic acids is 3. The standard InChI is InChI=1S/C51H82O6/c1-4-7-10-13-16-19-21-23-24-25-26-27-28-30-32-35-38-41-44-50(53)56-47-48(46-55-49(52)43-40-37-34-31-18-15-12-9-6-3)57-51(54)45-42-39-36-33-29-22-20-17-14-11-8-5-2/h8-9,11-12,16-21,23-27,31,48H,4-7,10,13-15,22,28-30,32-47H2,1-3H3/b11-8-,12-9-,19-16-,20-17-,23-21-,25-24-,27-26-,31-18-. The highest BCUT2D eigenvalue weighted by Gasteiger charge is 2.19. The number of unbranched alkanes of at least 4 members (excludes halogenated alkanes) is 15. The Hall–Kier alpha value is -3.67. The summed E-state index contributed by atoms with van der Waals surface area (Å²) in [5.41, 5.74) is 0. The molecule has 0 aliphatic rings. The highest BCUT2D eigenvalue weighted by Crippen LogP contribution is 2.12. The minimum absolute atomic E-state index is 0.108. The maximum absolute atomic E-state index is 12.7. The second-order valence-electron chi connectivity index (χ2n) is 14.6. The largest absolute Gasteiger partial charge is 0.462 e. The molecule has 0 fully saturated rings. The van der Waals surface area contributed by atoms with E-state index in [4.69, 9.17) is 14.2 Å². The van der Waals surface area contributed by atoms with Crippen LogP contribution in [0.3, 0.4) is 0 Å². The fraction of sp³-hybridized carbons (Fsp3) is 0.627. The van der Waals surface area contributed by atoms with Gasteiger partial charge in [0.1, 0.15) is 13.2 Å². The van der Waals surface area contributed by atoms with Gasteiger partial charge in [0.2, 0.25) is 0 Å². The lowest BCUT2D eigenvalue weighted by Gasteiger charge is -2.18. The van der Waals surface area contributed by atoms with Crippen molar-refractivity contribution in [2.24, 2.45) is 0 Å². The molecule has 57 heavy (non-hydrogen) atoms. The van der Waals surface area contributed by atoms with Gasteiger partial charge in [0.25, 0.3) is 0 Å². The zero-order valence-electron chi connectivity index (χ0n) is 36.6. The number of rotatable bonds is 39. The van der Waals surface area contributed by atoms with Crippen LogP contribution in [-0.2, 0) is 28.6 Å². The van der Waals surface area contributed by atoms with Crippen molar-refractivity contribution in [1.82, 2.24) is 0 Å². The second-order valence-corrected chi connectivity index (χ2v) is 14.6. The van der Waals surface area contributed by atoms with Crippen LogP contribution in [0.5, 0.6) is 0 Å². The zero-order valence-corrected chi connectivity index (χ0v) is 36.6. The van der Waals surface area contributed by atoms with Crippen molar-refractivity contribution >= 4 is 17.9 Å². The summed E-state index contributed by atoms with van der Waals surface area (Å²) in [6.07, 6.45) is 58.3. The van der Waals surface area contributed by atoms with Crippen LogP contribution in [0.2, 0.25) is 0 Å². The van der Waals surface area contributed by atoms with Crippen molar-refractivity contribution in [3.05, 3.63) is 97.2 Å². The maximum Gasteiger partial charge on any atom is 0.306 e. The summed E-state index contributed by atoms with van der Waals surface area (Å²) >= 11 is 0. The summed E-state index contributed by atoms with van der Waals surface area (Å²) in [6.45, 7) is 6.27. The van der Waals surface area contributed by atoms with Gasteiger partial charge < -0.3 is 14.2 Å². The predicted molar refractivity (Wildman–Crippen MR) is 242 cm³/mol. The third kappa shape index (κ3) is 43.3. The third-order valence-electron chi connectivity index (χ3n) is 9.15. The molecule has 6 heteroatoms. The summed E-state index contributed by atoms with van der Waals surface area (Å²) in [4.78, 5) is 37.7. The van der Waals surface area contributed by atoms with Crippen LogP contribution in [0.4, 0.5) is 0 Å². The summed E-state index contributed by atoms with van der Waals surface area (Å²) in [5.74, 6) is -0.993. The predicted octanol–water partition coefficient (Wildman–Crippen LogP) is 14.6. The van der Waals surface area contributed by atoms with Crippen LogP contribution in [-0.4, -0.2) is 37.2 Å². The Labute approximate surface area is 349 Å². The molecule has 0 saturated heterocycles. The fourth-order valence-electron chi connectivity index (χ4n) is 5.76. The van der Waals surface area contributed by atoms with E-state index in [1.165, 1.54) is 19.3 Å². The Morgan fingerprint density at radius 1 is 0.386 bits per heavy atom. The van der Waals surface area contributed by atoms with E-state index in [2.05, 4.69) is 118 Å². The summed E-state index contributed by atoms with van der Waals surface area (Å²) in [7, 11) is 0. The Bertz CT molecular complexity index is 1180. The van der Waals surface area contributed by atoms with Gasteiger partial charge in [-0.05, 0) is 96.3 Å². The van der Waals surface area contributed by atoms with Gasteiger partial charge in [0, 0.05) is 19.3 Å². The number of hydrogen-bond donors (Lipinski definition) is 0. The van der Waals surface area contributed by atoms with Crippen molar-refractivity contribution in [2.75, 3.05) is 13.2 Å². The molecule has 1 atom stereocenters. The molecule has 0 heterocycles. The van der Waals surface area contributed by atoms with Crippen LogP contribution in [0.15, 0.2) is 97.2 Å². The number of ether oxygens (including phenoxy) is 3. The molecular formula is C51H82O6. The first-order valence-corrected chi connectivity index (χ1v) is 22.8. The Morgan fingerprint density at radius 2 is 0.754 bits per heavy atom. The third-order valence-corrected chi connectivity index (χ3v) is 9.15. The van der Waals surface area contributed by atoms with Crippen molar-refractivity contribution in [3.63, 3.8) is 0 Å². The molecule has 0 spiro atoms. The average molecular weight is 791 g/mol. The normalized spacial score (nSPS) is 13.0. The molecule has 6 nitrogen and oxygen atoms in total. The quantitative estimate of drug-likeness (QED) is 0.0203. The van der Waals surface area contributed by atoms with Gasteiger partial charge in [-0.25, -0.2) is 0 Å². The minimum Gasteiger partial charge on any atom is -0.462 e. The van der Waals surface area contributed by atoms with Crippen LogP contribution < -0.4 is 0 Å². The van der Waals surface area contributed by atoms with Gasteiger partial charge in [0.15, 0.2) is 6.10 Å². The van der Waals surface area contributed by atoms with Crippen LogP contribution in [0.25, 0.3) is 0 Å². The number of allylic oxidation sites excluding steroid dienone is 16. The lowest BCUT2D eigenvalue weighted by molar-refractivity contribution is -0.167. The maximum atomic E-state index is 12.7. The Morgan fingerprint density at radius 3 is 1.25 bits per heavy atom. The molecule has 0 aromatic heterocycles. The number of carbonyl (C=O) groups is 3. The number of esters is 3. The van der Waals surface area contributed by atoms with E-state index in [0.717, 1.165) is 128 Å². The smallest absolute Gasteiger partial charge is 0.306 e. The van der Waals surface area contributed by atoms with E-state index in [1.807, 2.05) is 0 Å². The zero-order chi connectivity index (χ0) is 41.5. The molecular weight excluding hydrogens is 709 g/mol. The van der Waals surface area contributed by atoms with E-state index >= 15 is 0 Å². The lowest BCUT2D eigenvalue weighted by Crippen LogP contribution is -2.30. The van der Waals surface area contributed by atoms with E-state index in [9.17, 15) is 14.4 Å². The topological polar surface area (TPSA) is 78.9 Å². The summed E-state index contributed by atoms with van der Waals surface area (Å²) < 4.78 is 16.6. The summed E-state index contributed by atoms with van der Waals surface area (Å²) in [6, 6.07) is 0. The monoisotopic (exact) mass is 791 g/mol. The van der Waals surface area contributed by atoms with Crippen LogP contribution in [0.1, 0.15) is 188 Å². The van der Waals surface area contributed by atoms with Crippen molar-refractivity contribution < 1.29 is 28.6 Å². The van der Waals surface area contributed by atoms with Crippen molar-refractivity contribution in [3.8, 4) is 0 Å². The van der Waals surface area contributed by atoms with Gasteiger partial charge in [-0.1, -0.05) is 169 Å². The molecule has 0 bridgehead atoms. The lowest BCUT2D eigenvalue weighted by atomic mass is 10.1. The molecule has 0 radical (unpaired) electrons. The molecule has 0 rings (SSSR count). The van der Waals surface area contributed by atoms with E-state index in [0.29, 0.717) is 19.3 Å². The molecule has 0 amide bonds. The van der Waals surface area contributed by atoms with Gasteiger partial charge in [-0.3, -0.25) is 14.4 Å². The van der Waals surface area contributed by atoms with Gasteiger partial charge in [0.05, 0.1) is 0 Å². The first-order valence-electron chi connectivity index (χ1n) is 22.8. The van der Waals surface area contributed by atoms with Gasteiger partial charge in [-0.15, -0.1) is 0 Å². The van der Waals surface area contributed by atoms with Crippen molar-refractivity contribution in [1.29, 1.82) is 0 Å². The Balaban J connectivity index is 4.45. The second kappa shape index (κ2) is 45.0. The first kappa shape index (κ1) is 53.3. The van der Waals surface area contributed by atoms with Crippen LogP contribution in [0, 0.1) is 0 Å². The van der Waals surface area contributed by atoms with E-state index in [-0.39, 0.29) is 31.1 Å². The SMILES string of the molecule is CC/C=C\C/C=C\CCCCCCCC(=O)OC(COC(=O)CCCC/C=C\C/C=C\CC)COC(=O)CCCCCCC\C=C/C=C\C=C/C=C\CCCCC.